The van der Waals surface area contributed by atoms with E-state index >= 15 is 0 Å². The Morgan fingerprint density at radius 1 is 1.25 bits per heavy atom. The second-order valence-electron chi connectivity index (χ2n) is 4.19. The number of hydrogen-bond donors (Lipinski definition) is 1. The van der Waals surface area contributed by atoms with Crippen molar-refractivity contribution >= 4 is 11.3 Å². The monoisotopic (exact) mass is 215 g/mol. The van der Waals surface area contributed by atoms with Gasteiger partial charge in [-0.05, 0) is 36.6 Å². The number of nitrogens with two attached hydrogens (primary N) is 1. The average molecular weight is 215 g/mol. The van der Waals surface area contributed by atoms with Gasteiger partial charge in [0.15, 0.2) is 0 Å². The normalized spacial score (nSPS) is 15.4. The van der Waals surface area contributed by atoms with Crippen molar-refractivity contribution in [2.45, 2.75) is 12.8 Å². The molecule has 1 aliphatic rings. The van der Waals surface area contributed by atoms with Crippen LogP contribution in [0.15, 0.2) is 36.2 Å². The molecule has 0 saturated heterocycles. The van der Waals surface area contributed by atoms with Crippen LogP contribution in [0.25, 0.3) is 5.57 Å². The highest BCUT2D eigenvalue weighted by molar-refractivity contribution is 5.74. The number of anilines is 1. The number of pyridine rings is 1. The van der Waals surface area contributed by atoms with Crippen molar-refractivity contribution in [3.8, 4) is 0 Å². The summed E-state index contributed by atoms with van der Waals surface area (Å²) in [6, 6.07) is 3.76. The van der Waals surface area contributed by atoms with Crippen LogP contribution in [0.5, 0.6) is 0 Å². The van der Waals surface area contributed by atoms with E-state index in [0.717, 1.165) is 24.2 Å². The van der Waals surface area contributed by atoms with Crippen LogP contribution in [-0.4, -0.2) is 24.0 Å². The van der Waals surface area contributed by atoms with Crippen molar-refractivity contribution < 1.29 is 0 Å². The van der Waals surface area contributed by atoms with E-state index in [4.69, 9.17) is 5.73 Å². The molecule has 3 heteroatoms. The van der Waals surface area contributed by atoms with Crippen LogP contribution in [0.4, 0.5) is 5.69 Å². The second kappa shape index (κ2) is 4.39. The molecule has 0 amide bonds. The minimum absolute atomic E-state index is 0.760. The Morgan fingerprint density at radius 3 is 2.62 bits per heavy atom. The number of aromatic nitrogens is 1. The molecule has 0 aromatic carbocycles. The van der Waals surface area contributed by atoms with Gasteiger partial charge in [0.1, 0.15) is 0 Å². The van der Waals surface area contributed by atoms with Crippen LogP contribution in [0.3, 0.4) is 0 Å². The lowest BCUT2D eigenvalue weighted by Crippen LogP contribution is -2.13. The zero-order chi connectivity index (χ0) is 11.5. The first-order valence-electron chi connectivity index (χ1n) is 5.46. The summed E-state index contributed by atoms with van der Waals surface area (Å²) >= 11 is 0. The van der Waals surface area contributed by atoms with Gasteiger partial charge < -0.3 is 10.6 Å². The molecule has 1 aromatic rings. The zero-order valence-electron chi connectivity index (χ0n) is 9.77. The molecule has 16 heavy (non-hydrogen) atoms. The fourth-order valence-corrected chi connectivity index (χ4v) is 1.88. The first-order chi connectivity index (χ1) is 7.68. The highest BCUT2D eigenvalue weighted by Gasteiger charge is 2.12. The highest BCUT2D eigenvalue weighted by atomic mass is 15.1. The van der Waals surface area contributed by atoms with Crippen molar-refractivity contribution in [1.82, 2.24) is 9.88 Å². The average Bonchev–Trinajstić information content (AvgIpc) is 2.30. The van der Waals surface area contributed by atoms with E-state index in [1.807, 2.05) is 12.1 Å². The highest BCUT2D eigenvalue weighted by Crippen LogP contribution is 2.28. The lowest BCUT2D eigenvalue weighted by Gasteiger charge is -2.21. The van der Waals surface area contributed by atoms with Gasteiger partial charge in [-0.15, -0.1) is 0 Å². The molecule has 0 spiro atoms. The Labute approximate surface area is 96.3 Å². The molecule has 84 valence electrons. The quantitative estimate of drug-likeness (QED) is 0.823. The Kier molecular flexibility index (Phi) is 2.95. The SMILES string of the molecule is CN(C)C1=CC=C(c2ncccc2N)CC1. The molecular weight excluding hydrogens is 198 g/mol. The van der Waals surface area contributed by atoms with Crippen molar-refractivity contribution in [3.05, 3.63) is 41.9 Å². The van der Waals surface area contributed by atoms with E-state index in [1.165, 1.54) is 11.3 Å². The molecule has 0 atom stereocenters. The smallest absolute Gasteiger partial charge is 0.0890 e. The van der Waals surface area contributed by atoms with E-state index in [1.54, 1.807) is 6.20 Å². The summed E-state index contributed by atoms with van der Waals surface area (Å²) in [4.78, 5) is 6.48. The Bertz CT molecular complexity index is 444. The van der Waals surface area contributed by atoms with Crippen LogP contribution in [0.1, 0.15) is 18.5 Å². The van der Waals surface area contributed by atoms with Gasteiger partial charge in [-0.25, -0.2) is 0 Å². The van der Waals surface area contributed by atoms with Gasteiger partial charge in [0.05, 0.1) is 11.4 Å². The van der Waals surface area contributed by atoms with Crippen LogP contribution in [-0.2, 0) is 0 Å². The van der Waals surface area contributed by atoms with E-state index in [2.05, 4.69) is 36.1 Å². The van der Waals surface area contributed by atoms with Gasteiger partial charge in [0, 0.05) is 26.0 Å². The molecule has 1 aliphatic carbocycles. The molecule has 0 unspecified atom stereocenters. The molecule has 2 rings (SSSR count). The van der Waals surface area contributed by atoms with Crippen LogP contribution >= 0.6 is 0 Å². The molecule has 0 saturated carbocycles. The Balaban J connectivity index is 2.29. The molecular formula is C13H17N3. The summed E-state index contributed by atoms with van der Waals surface area (Å²) in [5.74, 6) is 0. The second-order valence-corrected chi connectivity index (χ2v) is 4.19. The predicted octanol–water partition coefficient (Wildman–Crippen LogP) is 2.29. The lowest BCUT2D eigenvalue weighted by molar-refractivity contribution is 0.487. The fourth-order valence-electron chi connectivity index (χ4n) is 1.88. The van der Waals surface area contributed by atoms with Gasteiger partial charge in [-0.3, -0.25) is 4.98 Å². The largest absolute Gasteiger partial charge is 0.397 e. The van der Waals surface area contributed by atoms with Crippen LogP contribution in [0, 0.1) is 0 Å². The van der Waals surface area contributed by atoms with Gasteiger partial charge in [-0.1, -0.05) is 6.08 Å². The molecule has 2 N–H and O–H groups in total. The minimum atomic E-state index is 0.760. The fraction of sp³-hybridized carbons (Fsp3) is 0.308. The summed E-state index contributed by atoms with van der Waals surface area (Å²) in [5, 5.41) is 0. The first-order valence-corrected chi connectivity index (χ1v) is 5.46. The van der Waals surface area contributed by atoms with E-state index in [-0.39, 0.29) is 0 Å². The van der Waals surface area contributed by atoms with E-state index in [9.17, 15) is 0 Å². The molecule has 0 bridgehead atoms. The number of rotatable bonds is 2. The summed E-state index contributed by atoms with van der Waals surface area (Å²) in [6.07, 6.45) is 8.11. The third-order valence-corrected chi connectivity index (χ3v) is 2.84. The van der Waals surface area contributed by atoms with Crippen LogP contribution in [0.2, 0.25) is 0 Å². The van der Waals surface area contributed by atoms with Gasteiger partial charge in [-0.2, -0.15) is 0 Å². The number of allylic oxidation sites excluding steroid dienone is 4. The molecule has 0 fully saturated rings. The first kappa shape index (κ1) is 10.7. The minimum Gasteiger partial charge on any atom is -0.397 e. The van der Waals surface area contributed by atoms with Crippen molar-refractivity contribution in [3.63, 3.8) is 0 Å². The topological polar surface area (TPSA) is 42.2 Å². The van der Waals surface area contributed by atoms with Crippen molar-refractivity contribution in [2.24, 2.45) is 0 Å². The summed E-state index contributed by atoms with van der Waals surface area (Å²) in [6.45, 7) is 0. The molecule has 1 aromatic heterocycles. The van der Waals surface area contributed by atoms with E-state index in [0.29, 0.717) is 0 Å². The third kappa shape index (κ3) is 2.08. The lowest BCUT2D eigenvalue weighted by atomic mass is 9.98. The number of nitrogens with zero attached hydrogens (tertiary/aromatic N) is 2. The molecule has 1 heterocycles. The summed E-state index contributed by atoms with van der Waals surface area (Å²) < 4.78 is 0. The van der Waals surface area contributed by atoms with Crippen molar-refractivity contribution in [2.75, 3.05) is 19.8 Å². The Morgan fingerprint density at radius 2 is 2.06 bits per heavy atom. The van der Waals surface area contributed by atoms with Crippen molar-refractivity contribution in [1.29, 1.82) is 0 Å². The Hall–Kier alpha value is -1.77. The maximum Gasteiger partial charge on any atom is 0.0890 e. The number of nitrogen functional groups attached to an aromatic ring is 1. The molecule has 0 radical (unpaired) electrons. The predicted molar refractivity (Wildman–Crippen MR) is 67.6 cm³/mol. The zero-order valence-corrected chi connectivity index (χ0v) is 9.77. The molecule has 3 nitrogen and oxygen atoms in total. The maximum absolute atomic E-state index is 5.91. The number of hydrogen-bond acceptors (Lipinski definition) is 3. The third-order valence-electron chi connectivity index (χ3n) is 2.84. The molecule has 0 aliphatic heterocycles. The van der Waals surface area contributed by atoms with Crippen LogP contribution < -0.4 is 5.73 Å². The van der Waals surface area contributed by atoms with E-state index < -0.39 is 0 Å². The maximum atomic E-state index is 5.91. The van der Waals surface area contributed by atoms with Gasteiger partial charge >= 0.3 is 0 Å². The summed E-state index contributed by atoms with van der Waals surface area (Å²) in [7, 11) is 4.14. The van der Waals surface area contributed by atoms with Gasteiger partial charge in [0.25, 0.3) is 0 Å². The standard InChI is InChI=1S/C13H17N3/c1-16(2)11-7-5-10(6-8-11)13-12(14)4-3-9-15-13/h3-5,7,9H,6,8,14H2,1-2H3. The summed E-state index contributed by atoms with van der Waals surface area (Å²) in [5.41, 5.74) is 10.2. The van der Waals surface area contributed by atoms with Gasteiger partial charge in [0.2, 0.25) is 0 Å².